The van der Waals surface area contributed by atoms with Crippen LogP contribution >= 0.6 is 0 Å². The minimum absolute atomic E-state index is 0.128. The molecule has 0 amide bonds. The first-order valence-electron chi connectivity index (χ1n) is 8.41. The summed E-state index contributed by atoms with van der Waals surface area (Å²) in [5.74, 6) is -0.343. The normalized spacial score (nSPS) is 16.1. The van der Waals surface area contributed by atoms with Crippen LogP contribution in [-0.4, -0.2) is 33.7 Å². The van der Waals surface area contributed by atoms with Gasteiger partial charge in [0.15, 0.2) is 5.65 Å². The lowest BCUT2D eigenvalue weighted by molar-refractivity contribution is -0.145. The van der Waals surface area contributed by atoms with E-state index in [0.717, 1.165) is 30.5 Å². The first-order valence-corrected chi connectivity index (χ1v) is 8.41. The summed E-state index contributed by atoms with van der Waals surface area (Å²) < 4.78 is 47.2. The highest BCUT2D eigenvalue weighted by molar-refractivity contribution is 5.74. The second-order valence-electron chi connectivity index (χ2n) is 6.18. The van der Waals surface area contributed by atoms with Crippen molar-refractivity contribution in [3.63, 3.8) is 0 Å². The molecule has 4 rings (SSSR count). The number of aromatic nitrogens is 3. The summed E-state index contributed by atoms with van der Waals surface area (Å²) in [6, 6.07) is 9.65. The van der Waals surface area contributed by atoms with E-state index in [4.69, 9.17) is 4.74 Å². The fourth-order valence-corrected chi connectivity index (χ4v) is 3.13. The Morgan fingerprint density at radius 3 is 2.50 bits per heavy atom. The van der Waals surface area contributed by atoms with Gasteiger partial charge in [-0.15, -0.1) is 0 Å². The van der Waals surface area contributed by atoms with Crippen molar-refractivity contribution in [2.45, 2.75) is 25.1 Å². The van der Waals surface area contributed by atoms with E-state index in [0.29, 0.717) is 11.4 Å². The third-order valence-electron chi connectivity index (χ3n) is 4.35. The zero-order valence-electron chi connectivity index (χ0n) is 13.8. The number of rotatable bonds is 3. The zero-order valence-corrected chi connectivity index (χ0v) is 13.8. The van der Waals surface area contributed by atoms with E-state index >= 15 is 0 Å². The third-order valence-corrected chi connectivity index (χ3v) is 4.35. The molecule has 0 radical (unpaired) electrons. The predicted octanol–water partition coefficient (Wildman–Crippen LogP) is 3.57. The molecule has 8 heteroatoms. The summed E-state index contributed by atoms with van der Waals surface area (Å²) in [4.78, 5) is 7.78. The lowest BCUT2D eigenvalue weighted by atomic mass is 10.1. The van der Waals surface area contributed by atoms with Crippen LogP contribution in [0.4, 0.5) is 13.2 Å². The molecule has 1 N–H and O–H groups in total. The van der Waals surface area contributed by atoms with Crippen molar-refractivity contribution >= 4 is 11.2 Å². The van der Waals surface area contributed by atoms with Gasteiger partial charge in [0.25, 0.3) is 0 Å². The van der Waals surface area contributed by atoms with Crippen LogP contribution in [0.2, 0.25) is 0 Å². The molecule has 3 aromatic rings. The first kappa shape index (κ1) is 16.8. The zero-order chi connectivity index (χ0) is 18.1. The maximum Gasteiger partial charge on any atom is 0.450 e. The lowest BCUT2D eigenvalue weighted by Gasteiger charge is -2.24. The van der Waals surface area contributed by atoms with Crippen LogP contribution in [0.25, 0.3) is 16.9 Å². The Hall–Kier alpha value is -2.61. The summed E-state index contributed by atoms with van der Waals surface area (Å²) in [6.07, 6.45) is -1.17. The molecule has 0 unspecified atom stereocenters. The molecule has 0 saturated carbocycles. The summed E-state index contributed by atoms with van der Waals surface area (Å²) in [5, 5.41) is 3.26. The van der Waals surface area contributed by atoms with E-state index in [1.165, 1.54) is 12.3 Å². The molecule has 1 fully saturated rings. The smallest absolute Gasteiger partial charge is 0.450 e. The van der Waals surface area contributed by atoms with Crippen molar-refractivity contribution < 1.29 is 17.9 Å². The highest BCUT2D eigenvalue weighted by atomic mass is 19.4. The van der Waals surface area contributed by atoms with Gasteiger partial charge in [0, 0.05) is 11.9 Å². The van der Waals surface area contributed by atoms with Gasteiger partial charge >= 0.3 is 6.18 Å². The number of halogens is 3. The molecule has 1 saturated heterocycles. The van der Waals surface area contributed by atoms with Gasteiger partial charge in [-0.3, -0.25) is 4.57 Å². The van der Waals surface area contributed by atoms with Crippen molar-refractivity contribution in [2.75, 3.05) is 13.1 Å². The number of ether oxygens (including phenoxy) is 1. The summed E-state index contributed by atoms with van der Waals surface area (Å²) in [6.45, 7) is 1.81. The number of piperidine rings is 1. The molecule has 26 heavy (non-hydrogen) atoms. The number of alkyl halides is 3. The van der Waals surface area contributed by atoms with E-state index in [1.807, 2.05) is 0 Å². The van der Waals surface area contributed by atoms with Gasteiger partial charge in [-0.25, -0.2) is 9.97 Å². The van der Waals surface area contributed by atoms with Crippen LogP contribution in [0.15, 0.2) is 42.6 Å². The average Bonchev–Trinajstić information content (AvgIpc) is 3.03. The number of hydrogen-bond donors (Lipinski definition) is 1. The van der Waals surface area contributed by atoms with Gasteiger partial charge in [0.1, 0.15) is 17.4 Å². The van der Waals surface area contributed by atoms with Gasteiger partial charge < -0.3 is 10.1 Å². The van der Waals surface area contributed by atoms with Gasteiger partial charge in [-0.2, -0.15) is 13.2 Å². The Morgan fingerprint density at radius 2 is 1.81 bits per heavy atom. The molecule has 1 aliphatic rings. The SMILES string of the molecule is FC(F)(F)c1nc2cccnc2n1-c1ccc(OC2CCNCC2)cc1. The van der Waals surface area contributed by atoms with E-state index in [-0.39, 0.29) is 17.3 Å². The number of imidazole rings is 1. The quantitative estimate of drug-likeness (QED) is 0.774. The topological polar surface area (TPSA) is 52.0 Å². The molecule has 0 atom stereocenters. The van der Waals surface area contributed by atoms with Gasteiger partial charge in [0.05, 0.1) is 0 Å². The van der Waals surface area contributed by atoms with Crippen LogP contribution in [0.5, 0.6) is 5.75 Å². The average molecular weight is 362 g/mol. The number of pyridine rings is 1. The molecule has 0 bridgehead atoms. The van der Waals surface area contributed by atoms with Crippen molar-refractivity contribution in [2.24, 2.45) is 0 Å². The minimum Gasteiger partial charge on any atom is -0.490 e. The number of benzene rings is 1. The Labute approximate surface area is 147 Å². The molecule has 0 spiro atoms. The van der Waals surface area contributed by atoms with Crippen LogP contribution in [0, 0.1) is 0 Å². The number of hydrogen-bond acceptors (Lipinski definition) is 4. The van der Waals surface area contributed by atoms with Gasteiger partial charge in [-0.1, -0.05) is 0 Å². The molecular formula is C18H17F3N4O. The maximum atomic E-state index is 13.4. The Balaban J connectivity index is 1.69. The largest absolute Gasteiger partial charge is 0.490 e. The lowest BCUT2D eigenvalue weighted by Crippen LogP contribution is -2.34. The summed E-state index contributed by atoms with van der Waals surface area (Å²) in [7, 11) is 0. The minimum atomic E-state index is -4.58. The van der Waals surface area contributed by atoms with E-state index in [1.54, 1.807) is 30.3 Å². The van der Waals surface area contributed by atoms with Gasteiger partial charge in [-0.05, 0) is 62.3 Å². The van der Waals surface area contributed by atoms with E-state index < -0.39 is 12.0 Å². The van der Waals surface area contributed by atoms with E-state index in [9.17, 15) is 13.2 Å². The molecule has 1 aliphatic heterocycles. The predicted molar refractivity (Wildman–Crippen MR) is 90.4 cm³/mol. The molecule has 2 aromatic heterocycles. The second-order valence-corrected chi connectivity index (χ2v) is 6.18. The molecule has 0 aliphatic carbocycles. The number of fused-ring (bicyclic) bond motifs is 1. The van der Waals surface area contributed by atoms with Gasteiger partial charge in [0.2, 0.25) is 5.82 Å². The van der Waals surface area contributed by atoms with Crippen LogP contribution in [0.1, 0.15) is 18.7 Å². The van der Waals surface area contributed by atoms with E-state index in [2.05, 4.69) is 15.3 Å². The monoisotopic (exact) mass is 362 g/mol. The molecule has 5 nitrogen and oxygen atoms in total. The van der Waals surface area contributed by atoms with Crippen molar-refractivity contribution in [3.8, 4) is 11.4 Å². The fourth-order valence-electron chi connectivity index (χ4n) is 3.13. The Kier molecular flexibility index (Phi) is 4.28. The van der Waals surface area contributed by atoms with Crippen LogP contribution in [0.3, 0.4) is 0 Å². The second kappa shape index (κ2) is 6.60. The molecule has 1 aromatic carbocycles. The fraction of sp³-hybridized carbons (Fsp3) is 0.333. The van der Waals surface area contributed by atoms with Crippen molar-refractivity contribution in [1.29, 1.82) is 0 Å². The maximum absolute atomic E-state index is 13.4. The highest BCUT2D eigenvalue weighted by Crippen LogP contribution is 2.33. The Bertz CT molecular complexity index is 899. The number of nitrogens with one attached hydrogen (secondary N) is 1. The van der Waals surface area contributed by atoms with Crippen LogP contribution < -0.4 is 10.1 Å². The standard InChI is InChI=1S/C18H17F3N4O/c19-18(20,21)17-24-15-2-1-9-23-16(15)25(17)12-3-5-13(6-4-12)26-14-7-10-22-11-8-14/h1-6,9,14,22H,7-8,10-11H2. The summed E-state index contributed by atoms with van der Waals surface area (Å²) in [5.41, 5.74) is 0.720. The third kappa shape index (κ3) is 3.24. The molecule has 136 valence electrons. The van der Waals surface area contributed by atoms with Crippen molar-refractivity contribution in [3.05, 3.63) is 48.4 Å². The molecule has 3 heterocycles. The summed E-state index contributed by atoms with van der Waals surface area (Å²) >= 11 is 0. The first-order chi connectivity index (χ1) is 12.5. The van der Waals surface area contributed by atoms with Crippen molar-refractivity contribution in [1.82, 2.24) is 19.9 Å². The molecular weight excluding hydrogens is 345 g/mol. The highest BCUT2D eigenvalue weighted by Gasteiger charge is 2.38. The Morgan fingerprint density at radius 1 is 1.08 bits per heavy atom. The number of nitrogens with zero attached hydrogens (tertiary/aromatic N) is 3. The van der Waals surface area contributed by atoms with Crippen LogP contribution in [-0.2, 0) is 6.18 Å².